The Balaban J connectivity index is 2.38. The average Bonchev–Trinajstić information content (AvgIpc) is 2.57. The number of para-hydroxylation sites is 1. The van der Waals surface area contributed by atoms with E-state index in [0.29, 0.717) is 13.2 Å². The van der Waals surface area contributed by atoms with Crippen molar-refractivity contribution in [2.75, 3.05) is 13.2 Å². The minimum absolute atomic E-state index is 0.236. The number of hydrogen-bond acceptors (Lipinski definition) is 3. The molecule has 0 aromatic heterocycles. The first-order valence-electron chi connectivity index (χ1n) is 5.59. The topological polar surface area (TPSA) is 44.5 Å². The van der Waals surface area contributed by atoms with Crippen molar-refractivity contribution in [1.29, 1.82) is 0 Å². The van der Waals surface area contributed by atoms with Gasteiger partial charge in [0.2, 0.25) is 0 Å². The zero-order valence-corrected chi connectivity index (χ0v) is 10.1. The molecule has 0 aliphatic carbocycles. The van der Waals surface area contributed by atoms with Gasteiger partial charge in [-0.1, -0.05) is 18.2 Å². The van der Waals surface area contributed by atoms with Crippen LogP contribution in [0.2, 0.25) is 0 Å². The lowest BCUT2D eigenvalue weighted by Crippen LogP contribution is -2.44. The monoisotopic (exact) mass is 221 g/mol. The van der Waals surface area contributed by atoms with Crippen LogP contribution < -0.4 is 10.5 Å². The van der Waals surface area contributed by atoms with Crippen LogP contribution in [0.25, 0.3) is 0 Å². The smallest absolute Gasteiger partial charge is 0.143 e. The van der Waals surface area contributed by atoms with Gasteiger partial charge >= 0.3 is 0 Å². The Morgan fingerprint density at radius 3 is 2.69 bits per heavy atom. The Hall–Kier alpha value is -1.06. The van der Waals surface area contributed by atoms with Crippen molar-refractivity contribution < 1.29 is 9.47 Å². The minimum atomic E-state index is -0.491. The maximum absolute atomic E-state index is 6.11. The fourth-order valence-corrected chi connectivity index (χ4v) is 2.12. The maximum atomic E-state index is 6.11. The van der Waals surface area contributed by atoms with Gasteiger partial charge < -0.3 is 15.2 Å². The summed E-state index contributed by atoms with van der Waals surface area (Å²) in [6, 6.07) is 7.94. The van der Waals surface area contributed by atoms with Crippen LogP contribution >= 0.6 is 0 Å². The Morgan fingerprint density at radius 1 is 1.38 bits per heavy atom. The van der Waals surface area contributed by atoms with Gasteiger partial charge in [0.25, 0.3) is 0 Å². The molecule has 3 nitrogen and oxygen atoms in total. The molecule has 1 aliphatic heterocycles. The van der Waals surface area contributed by atoms with Crippen molar-refractivity contribution in [2.24, 2.45) is 5.73 Å². The fraction of sp³-hybridized carbons (Fsp3) is 0.538. The van der Waals surface area contributed by atoms with Crippen LogP contribution in [-0.2, 0) is 10.3 Å². The maximum Gasteiger partial charge on any atom is 0.143 e. The van der Waals surface area contributed by atoms with Crippen LogP contribution in [0.4, 0.5) is 0 Å². The molecule has 1 aromatic carbocycles. The second-order valence-electron chi connectivity index (χ2n) is 5.20. The Labute approximate surface area is 96.5 Å². The first-order valence-corrected chi connectivity index (χ1v) is 5.59. The van der Waals surface area contributed by atoms with Gasteiger partial charge in [0.1, 0.15) is 18.0 Å². The molecule has 1 heterocycles. The number of nitrogens with two attached hydrogens (primary N) is 1. The first-order chi connectivity index (χ1) is 7.47. The van der Waals surface area contributed by atoms with Crippen molar-refractivity contribution in [3.05, 3.63) is 29.8 Å². The summed E-state index contributed by atoms with van der Waals surface area (Å²) in [5.74, 6) is 0.886. The quantitative estimate of drug-likeness (QED) is 0.831. The molecule has 0 bridgehead atoms. The number of hydrogen-bond donors (Lipinski definition) is 1. The fourth-order valence-electron chi connectivity index (χ4n) is 2.12. The highest BCUT2D eigenvalue weighted by atomic mass is 16.6. The van der Waals surface area contributed by atoms with Crippen LogP contribution in [0.1, 0.15) is 26.3 Å². The summed E-state index contributed by atoms with van der Waals surface area (Å²) >= 11 is 0. The van der Waals surface area contributed by atoms with Gasteiger partial charge in [0, 0.05) is 12.1 Å². The van der Waals surface area contributed by atoms with Gasteiger partial charge in [-0.15, -0.1) is 0 Å². The van der Waals surface area contributed by atoms with Crippen molar-refractivity contribution in [3.63, 3.8) is 0 Å². The summed E-state index contributed by atoms with van der Waals surface area (Å²) < 4.78 is 11.8. The average molecular weight is 221 g/mol. The first kappa shape index (κ1) is 11.4. The van der Waals surface area contributed by atoms with Gasteiger partial charge in [-0.25, -0.2) is 0 Å². The lowest BCUT2D eigenvalue weighted by molar-refractivity contribution is -0.137. The van der Waals surface area contributed by atoms with E-state index in [9.17, 15) is 0 Å². The van der Waals surface area contributed by atoms with Crippen LogP contribution in [0.15, 0.2) is 24.3 Å². The highest BCUT2D eigenvalue weighted by Crippen LogP contribution is 2.41. The zero-order valence-electron chi connectivity index (χ0n) is 10.1. The third kappa shape index (κ3) is 1.93. The molecule has 1 aliphatic rings. The summed E-state index contributed by atoms with van der Waals surface area (Å²) in [7, 11) is 0. The van der Waals surface area contributed by atoms with Crippen LogP contribution in [0, 0.1) is 0 Å². The normalized spacial score (nSPS) is 24.0. The molecule has 2 rings (SSSR count). The molecule has 0 saturated carbocycles. The van der Waals surface area contributed by atoms with Crippen molar-refractivity contribution in [2.45, 2.75) is 32.0 Å². The highest BCUT2D eigenvalue weighted by molar-refractivity contribution is 5.42. The molecule has 88 valence electrons. The van der Waals surface area contributed by atoms with Crippen molar-refractivity contribution in [1.82, 2.24) is 0 Å². The summed E-state index contributed by atoms with van der Waals surface area (Å²) in [6.07, 6.45) is 0. The van der Waals surface area contributed by atoms with E-state index in [-0.39, 0.29) is 5.60 Å². The van der Waals surface area contributed by atoms with Gasteiger partial charge in [-0.2, -0.15) is 0 Å². The highest BCUT2D eigenvalue weighted by Gasteiger charge is 2.43. The van der Waals surface area contributed by atoms with E-state index in [1.807, 2.05) is 45.0 Å². The molecule has 16 heavy (non-hydrogen) atoms. The third-order valence-corrected chi connectivity index (χ3v) is 2.67. The van der Waals surface area contributed by atoms with Gasteiger partial charge in [0.05, 0.1) is 5.60 Å². The molecule has 0 radical (unpaired) electrons. The molecule has 0 amide bonds. The largest absolute Gasteiger partial charge is 0.490 e. The van der Waals surface area contributed by atoms with E-state index in [4.69, 9.17) is 15.2 Å². The van der Waals surface area contributed by atoms with E-state index in [0.717, 1.165) is 11.3 Å². The second-order valence-corrected chi connectivity index (χ2v) is 5.20. The summed E-state index contributed by atoms with van der Waals surface area (Å²) in [5.41, 5.74) is 6.22. The van der Waals surface area contributed by atoms with Crippen LogP contribution in [0.3, 0.4) is 0 Å². The molecule has 2 N–H and O–H groups in total. The summed E-state index contributed by atoms with van der Waals surface area (Å²) in [4.78, 5) is 0. The van der Waals surface area contributed by atoms with Crippen molar-refractivity contribution >= 4 is 0 Å². The third-order valence-electron chi connectivity index (χ3n) is 2.67. The molecule has 1 unspecified atom stereocenters. The molecule has 0 fully saturated rings. The van der Waals surface area contributed by atoms with Gasteiger partial charge in [0.15, 0.2) is 0 Å². The van der Waals surface area contributed by atoms with Crippen LogP contribution in [-0.4, -0.2) is 18.8 Å². The lowest BCUT2D eigenvalue weighted by Gasteiger charge is -2.34. The SMILES string of the molecule is CC(C)(C)OC1(CN)COc2ccccc21. The summed E-state index contributed by atoms with van der Waals surface area (Å²) in [6.45, 7) is 7.03. The van der Waals surface area contributed by atoms with Gasteiger partial charge in [-0.3, -0.25) is 0 Å². The van der Waals surface area contributed by atoms with E-state index in [2.05, 4.69) is 0 Å². The summed E-state index contributed by atoms with van der Waals surface area (Å²) in [5, 5.41) is 0. The molecule has 0 saturated heterocycles. The Bertz CT molecular complexity index is 384. The predicted octanol–water partition coefficient (Wildman–Crippen LogP) is 2.05. The minimum Gasteiger partial charge on any atom is -0.490 e. The Kier molecular flexibility index (Phi) is 2.68. The zero-order chi connectivity index (χ0) is 11.8. The van der Waals surface area contributed by atoms with E-state index in [1.165, 1.54) is 0 Å². The van der Waals surface area contributed by atoms with E-state index in [1.54, 1.807) is 0 Å². The molecule has 3 heteroatoms. The van der Waals surface area contributed by atoms with E-state index >= 15 is 0 Å². The Morgan fingerprint density at radius 2 is 2.06 bits per heavy atom. The number of fused-ring (bicyclic) bond motifs is 1. The lowest BCUT2D eigenvalue weighted by atomic mass is 9.94. The molecule has 0 spiro atoms. The molecule has 1 aromatic rings. The molecular formula is C13H19NO2. The number of benzene rings is 1. The predicted molar refractivity (Wildman–Crippen MR) is 63.5 cm³/mol. The molecular weight excluding hydrogens is 202 g/mol. The second kappa shape index (κ2) is 3.75. The molecule has 1 atom stereocenters. The van der Waals surface area contributed by atoms with Crippen LogP contribution in [0.5, 0.6) is 5.75 Å². The van der Waals surface area contributed by atoms with Gasteiger partial charge in [-0.05, 0) is 26.8 Å². The number of rotatable bonds is 2. The van der Waals surface area contributed by atoms with E-state index < -0.39 is 5.60 Å². The standard InChI is InChI=1S/C13H19NO2/c1-12(2,3)16-13(8-14)9-15-11-7-5-4-6-10(11)13/h4-7H,8-9,14H2,1-3H3. The number of ether oxygens (including phenoxy) is 2. The van der Waals surface area contributed by atoms with Crippen molar-refractivity contribution in [3.8, 4) is 5.75 Å².